The van der Waals surface area contributed by atoms with Crippen LogP contribution in [-0.4, -0.2) is 38.0 Å². The molecule has 0 aromatic heterocycles. The lowest BCUT2D eigenvalue weighted by Crippen LogP contribution is -2.42. The molecule has 4 heteroatoms. The normalized spacial score (nSPS) is 15.5. The predicted molar refractivity (Wildman–Crippen MR) is 111 cm³/mol. The van der Waals surface area contributed by atoms with E-state index >= 15 is 0 Å². The molecule has 0 spiro atoms. The topological polar surface area (TPSA) is 27.6 Å². The van der Waals surface area contributed by atoms with Crippen molar-refractivity contribution >= 4 is 29.9 Å². The second-order valence-corrected chi connectivity index (χ2v) is 6.42. The van der Waals surface area contributed by atoms with Gasteiger partial charge in [0.25, 0.3) is 0 Å². The van der Waals surface area contributed by atoms with Crippen molar-refractivity contribution in [3.63, 3.8) is 0 Å². The van der Waals surface area contributed by atoms with Crippen LogP contribution in [0.25, 0.3) is 0 Å². The first-order valence-corrected chi connectivity index (χ1v) is 8.26. The highest BCUT2D eigenvalue weighted by atomic mass is 127. The number of guanidine groups is 1. The zero-order chi connectivity index (χ0) is 15.8. The number of benzene rings is 1. The van der Waals surface area contributed by atoms with Gasteiger partial charge < -0.3 is 10.2 Å². The van der Waals surface area contributed by atoms with Crippen molar-refractivity contribution in [1.82, 2.24) is 10.2 Å². The van der Waals surface area contributed by atoms with E-state index < -0.39 is 0 Å². The van der Waals surface area contributed by atoms with Crippen LogP contribution in [0.1, 0.15) is 31.2 Å². The summed E-state index contributed by atoms with van der Waals surface area (Å²) in [4.78, 5) is 6.62. The zero-order valence-corrected chi connectivity index (χ0v) is 16.8. The summed E-state index contributed by atoms with van der Waals surface area (Å²) in [6.07, 6.45) is 7.94. The molecule has 1 fully saturated rings. The molecule has 2 rings (SSSR count). The van der Waals surface area contributed by atoms with E-state index in [2.05, 4.69) is 59.2 Å². The molecule has 0 saturated heterocycles. The van der Waals surface area contributed by atoms with Gasteiger partial charge in [0.2, 0.25) is 0 Å². The summed E-state index contributed by atoms with van der Waals surface area (Å²) in [6.45, 7) is 5.80. The highest BCUT2D eigenvalue weighted by Gasteiger charge is 2.42. The molecule has 1 aromatic carbocycles. The molecule has 1 saturated carbocycles. The van der Waals surface area contributed by atoms with Gasteiger partial charge in [0, 0.05) is 27.2 Å². The van der Waals surface area contributed by atoms with Gasteiger partial charge in [0.1, 0.15) is 0 Å². The SMILES string of the molecule is C=CCCCN(C)C(=NC)NCC1(Cc2ccccc2)CC1.I. The Kier molecular flexibility index (Phi) is 8.66. The molecular weight excluding hydrogens is 397 g/mol. The van der Waals surface area contributed by atoms with Gasteiger partial charge in [-0.3, -0.25) is 4.99 Å². The smallest absolute Gasteiger partial charge is 0.193 e. The summed E-state index contributed by atoms with van der Waals surface area (Å²) in [7, 11) is 3.97. The predicted octanol–water partition coefficient (Wildman–Crippen LogP) is 4.10. The Hall–Kier alpha value is -1.04. The second-order valence-electron chi connectivity index (χ2n) is 6.42. The third-order valence-electron chi connectivity index (χ3n) is 4.48. The Bertz CT molecular complexity index is 495. The summed E-state index contributed by atoms with van der Waals surface area (Å²) in [6, 6.07) is 10.8. The van der Waals surface area contributed by atoms with Crippen LogP contribution in [0.3, 0.4) is 0 Å². The van der Waals surface area contributed by atoms with Gasteiger partial charge >= 0.3 is 0 Å². The fourth-order valence-corrected chi connectivity index (χ4v) is 2.85. The van der Waals surface area contributed by atoms with Gasteiger partial charge in [-0.2, -0.15) is 0 Å². The van der Waals surface area contributed by atoms with Crippen LogP contribution < -0.4 is 5.32 Å². The number of hydrogen-bond donors (Lipinski definition) is 1. The molecule has 0 aliphatic heterocycles. The van der Waals surface area contributed by atoms with Crippen LogP contribution >= 0.6 is 24.0 Å². The highest BCUT2D eigenvalue weighted by molar-refractivity contribution is 14.0. The first kappa shape index (κ1) is 20.0. The monoisotopic (exact) mass is 427 g/mol. The molecule has 3 nitrogen and oxygen atoms in total. The summed E-state index contributed by atoms with van der Waals surface area (Å²) in [5.74, 6) is 1.00. The lowest BCUT2D eigenvalue weighted by molar-refractivity contribution is 0.440. The van der Waals surface area contributed by atoms with Crippen molar-refractivity contribution in [1.29, 1.82) is 0 Å². The third-order valence-corrected chi connectivity index (χ3v) is 4.48. The number of unbranched alkanes of at least 4 members (excludes halogenated alkanes) is 1. The van der Waals surface area contributed by atoms with Crippen LogP contribution in [0.5, 0.6) is 0 Å². The molecule has 0 heterocycles. The van der Waals surface area contributed by atoms with Gasteiger partial charge in [0.05, 0.1) is 0 Å². The number of hydrogen-bond acceptors (Lipinski definition) is 1. The zero-order valence-electron chi connectivity index (χ0n) is 14.4. The van der Waals surface area contributed by atoms with Crippen molar-refractivity contribution in [2.75, 3.05) is 27.2 Å². The fourth-order valence-electron chi connectivity index (χ4n) is 2.85. The molecule has 23 heavy (non-hydrogen) atoms. The van der Waals surface area contributed by atoms with Crippen molar-refractivity contribution < 1.29 is 0 Å². The largest absolute Gasteiger partial charge is 0.356 e. The van der Waals surface area contributed by atoms with E-state index in [1.54, 1.807) is 0 Å². The minimum atomic E-state index is 0. The van der Waals surface area contributed by atoms with E-state index in [4.69, 9.17) is 0 Å². The average Bonchev–Trinajstić information content (AvgIpc) is 3.29. The lowest BCUT2D eigenvalue weighted by Gasteiger charge is -2.24. The molecule has 1 aliphatic carbocycles. The molecule has 0 radical (unpaired) electrons. The van der Waals surface area contributed by atoms with Crippen LogP contribution in [-0.2, 0) is 6.42 Å². The first-order chi connectivity index (χ1) is 10.7. The Balaban J connectivity index is 0.00000264. The molecule has 0 bridgehead atoms. The van der Waals surface area contributed by atoms with Gasteiger partial charge in [-0.15, -0.1) is 30.6 Å². The maximum Gasteiger partial charge on any atom is 0.193 e. The minimum absolute atomic E-state index is 0. The molecule has 0 amide bonds. The summed E-state index contributed by atoms with van der Waals surface area (Å²) in [5, 5.41) is 3.57. The molecule has 0 unspecified atom stereocenters. The molecular formula is C19H30IN3. The maximum absolute atomic E-state index is 4.41. The van der Waals surface area contributed by atoms with E-state index in [-0.39, 0.29) is 24.0 Å². The summed E-state index contributed by atoms with van der Waals surface area (Å²) < 4.78 is 0. The molecule has 1 aromatic rings. The number of nitrogens with one attached hydrogen (secondary N) is 1. The Morgan fingerprint density at radius 1 is 1.35 bits per heavy atom. The number of nitrogens with zero attached hydrogens (tertiary/aromatic N) is 2. The summed E-state index contributed by atoms with van der Waals surface area (Å²) in [5.41, 5.74) is 1.87. The van der Waals surface area contributed by atoms with Gasteiger partial charge in [-0.25, -0.2) is 0 Å². The van der Waals surface area contributed by atoms with Crippen molar-refractivity contribution in [2.45, 2.75) is 32.1 Å². The van der Waals surface area contributed by atoms with Crippen LogP contribution in [0, 0.1) is 5.41 Å². The van der Waals surface area contributed by atoms with Gasteiger partial charge in [0.15, 0.2) is 5.96 Å². The molecule has 128 valence electrons. The Morgan fingerprint density at radius 3 is 2.61 bits per heavy atom. The number of halogens is 1. The van der Waals surface area contributed by atoms with E-state index in [9.17, 15) is 0 Å². The molecule has 0 atom stereocenters. The third kappa shape index (κ3) is 6.53. The van der Waals surface area contributed by atoms with Crippen molar-refractivity contribution in [3.05, 3.63) is 48.6 Å². The summed E-state index contributed by atoms with van der Waals surface area (Å²) >= 11 is 0. The number of allylic oxidation sites excluding steroid dienone is 1. The lowest BCUT2D eigenvalue weighted by atomic mass is 9.96. The van der Waals surface area contributed by atoms with E-state index in [0.29, 0.717) is 5.41 Å². The van der Waals surface area contributed by atoms with E-state index in [1.165, 1.54) is 18.4 Å². The standard InChI is InChI=1S/C19H29N3.HI/c1-4-5-9-14-22(3)18(20-2)21-16-19(12-13-19)15-17-10-7-6-8-11-17;/h4,6-8,10-11H,1,5,9,12-16H2,2-3H3,(H,20,21);1H. The van der Waals surface area contributed by atoms with Gasteiger partial charge in [-0.1, -0.05) is 36.4 Å². The average molecular weight is 427 g/mol. The van der Waals surface area contributed by atoms with Gasteiger partial charge in [-0.05, 0) is 43.1 Å². The van der Waals surface area contributed by atoms with Crippen LogP contribution in [0.4, 0.5) is 0 Å². The van der Waals surface area contributed by atoms with E-state index in [0.717, 1.165) is 38.3 Å². The number of rotatable bonds is 8. The first-order valence-electron chi connectivity index (χ1n) is 8.26. The van der Waals surface area contributed by atoms with E-state index in [1.807, 2.05) is 13.1 Å². The van der Waals surface area contributed by atoms with Crippen LogP contribution in [0.15, 0.2) is 48.0 Å². The Labute approximate surface area is 158 Å². The Morgan fingerprint density at radius 2 is 2.04 bits per heavy atom. The second kappa shape index (κ2) is 9.96. The fraction of sp³-hybridized carbons (Fsp3) is 0.526. The maximum atomic E-state index is 4.41. The highest BCUT2D eigenvalue weighted by Crippen LogP contribution is 2.47. The van der Waals surface area contributed by atoms with Crippen molar-refractivity contribution in [3.8, 4) is 0 Å². The minimum Gasteiger partial charge on any atom is -0.356 e. The molecule has 1 aliphatic rings. The van der Waals surface area contributed by atoms with Crippen LogP contribution in [0.2, 0.25) is 0 Å². The quantitative estimate of drug-likeness (QED) is 0.222. The number of aliphatic imine (C=N–C) groups is 1. The molecule has 1 N–H and O–H groups in total. The van der Waals surface area contributed by atoms with Crippen molar-refractivity contribution in [2.24, 2.45) is 10.4 Å².